The molecule has 0 bridgehead atoms. The van der Waals surface area contributed by atoms with Crippen molar-refractivity contribution in [1.82, 2.24) is 10.6 Å². The first-order chi connectivity index (χ1) is 8.18. The van der Waals surface area contributed by atoms with E-state index in [1.807, 2.05) is 0 Å². The summed E-state index contributed by atoms with van der Waals surface area (Å²) < 4.78 is 24.4. The Balaban J connectivity index is 1.79. The molecule has 2 saturated heterocycles. The van der Waals surface area contributed by atoms with Gasteiger partial charge in [0.2, 0.25) is 0 Å². The standard InChI is InChI=1S/C12H24N2O2S/c15-17(16,12-3-8-14-9-4-12)10-5-11-1-6-13-7-2-11/h11-14H,1-10H2. The zero-order chi connectivity index (χ0) is 12.1. The molecule has 0 atom stereocenters. The lowest BCUT2D eigenvalue weighted by molar-refractivity contribution is 0.364. The van der Waals surface area contributed by atoms with Gasteiger partial charge in [0.05, 0.1) is 11.0 Å². The molecule has 0 aliphatic carbocycles. The summed E-state index contributed by atoms with van der Waals surface area (Å²) in [5, 5.41) is 6.46. The molecule has 0 saturated carbocycles. The molecule has 0 aromatic carbocycles. The van der Waals surface area contributed by atoms with Crippen LogP contribution in [0.2, 0.25) is 0 Å². The molecule has 0 amide bonds. The minimum Gasteiger partial charge on any atom is -0.317 e. The molecule has 2 aliphatic rings. The monoisotopic (exact) mass is 260 g/mol. The molecule has 0 radical (unpaired) electrons. The minimum absolute atomic E-state index is 0.0783. The summed E-state index contributed by atoms with van der Waals surface area (Å²) in [6, 6.07) is 0. The summed E-state index contributed by atoms with van der Waals surface area (Å²) >= 11 is 0. The highest BCUT2D eigenvalue weighted by atomic mass is 32.2. The fraction of sp³-hybridized carbons (Fsp3) is 1.00. The molecular formula is C12H24N2O2S. The number of piperidine rings is 2. The molecule has 100 valence electrons. The first-order valence-electron chi connectivity index (χ1n) is 6.81. The van der Waals surface area contributed by atoms with Gasteiger partial charge in [0.25, 0.3) is 0 Å². The predicted molar refractivity (Wildman–Crippen MR) is 69.9 cm³/mol. The molecule has 4 nitrogen and oxygen atoms in total. The maximum atomic E-state index is 12.2. The van der Waals surface area contributed by atoms with E-state index < -0.39 is 9.84 Å². The fourth-order valence-corrected chi connectivity index (χ4v) is 4.77. The summed E-state index contributed by atoms with van der Waals surface area (Å²) in [6.45, 7) is 3.82. The van der Waals surface area contributed by atoms with E-state index in [0.29, 0.717) is 11.7 Å². The SMILES string of the molecule is O=S(=O)(CCC1CCNCC1)C1CCNCC1. The van der Waals surface area contributed by atoms with E-state index in [1.165, 1.54) is 0 Å². The van der Waals surface area contributed by atoms with Crippen LogP contribution in [0.1, 0.15) is 32.1 Å². The predicted octanol–water partition coefficient (Wildman–Crippen LogP) is 0.543. The van der Waals surface area contributed by atoms with Gasteiger partial charge in [0.15, 0.2) is 9.84 Å². The summed E-state index contributed by atoms with van der Waals surface area (Å²) in [5.74, 6) is 1.02. The van der Waals surface area contributed by atoms with Gasteiger partial charge in [0.1, 0.15) is 0 Å². The van der Waals surface area contributed by atoms with E-state index >= 15 is 0 Å². The average molecular weight is 260 g/mol. The molecule has 5 heteroatoms. The van der Waals surface area contributed by atoms with Gasteiger partial charge < -0.3 is 10.6 Å². The van der Waals surface area contributed by atoms with E-state index in [-0.39, 0.29) is 5.25 Å². The first kappa shape index (κ1) is 13.3. The highest BCUT2D eigenvalue weighted by Crippen LogP contribution is 2.20. The van der Waals surface area contributed by atoms with E-state index in [1.54, 1.807) is 0 Å². The van der Waals surface area contributed by atoms with Crippen LogP contribution >= 0.6 is 0 Å². The molecule has 2 heterocycles. The number of hydrogen-bond donors (Lipinski definition) is 2. The Hall–Kier alpha value is -0.130. The van der Waals surface area contributed by atoms with Crippen molar-refractivity contribution in [1.29, 1.82) is 0 Å². The van der Waals surface area contributed by atoms with Gasteiger partial charge in [-0.1, -0.05) is 0 Å². The molecule has 2 fully saturated rings. The second-order valence-electron chi connectivity index (χ2n) is 5.30. The number of hydrogen-bond acceptors (Lipinski definition) is 4. The smallest absolute Gasteiger partial charge is 0.153 e. The van der Waals surface area contributed by atoms with Gasteiger partial charge in [0, 0.05) is 0 Å². The van der Waals surface area contributed by atoms with Gasteiger partial charge in [-0.15, -0.1) is 0 Å². The van der Waals surface area contributed by atoms with E-state index in [0.717, 1.165) is 58.3 Å². The Bertz CT molecular complexity index is 317. The lowest BCUT2D eigenvalue weighted by Crippen LogP contribution is -2.37. The Morgan fingerprint density at radius 2 is 1.41 bits per heavy atom. The third-order valence-corrected chi connectivity index (χ3v) is 6.36. The lowest BCUT2D eigenvalue weighted by Gasteiger charge is -2.25. The van der Waals surface area contributed by atoms with E-state index in [9.17, 15) is 8.42 Å². The Labute approximate surface area is 104 Å². The highest BCUT2D eigenvalue weighted by molar-refractivity contribution is 7.92. The van der Waals surface area contributed by atoms with Gasteiger partial charge in [-0.2, -0.15) is 0 Å². The highest BCUT2D eigenvalue weighted by Gasteiger charge is 2.27. The maximum Gasteiger partial charge on any atom is 0.153 e. The zero-order valence-corrected chi connectivity index (χ0v) is 11.3. The average Bonchev–Trinajstić information content (AvgIpc) is 2.39. The molecule has 0 unspecified atom stereocenters. The van der Waals surface area contributed by atoms with Gasteiger partial charge >= 0.3 is 0 Å². The summed E-state index contributed by atoms with van der Waals surface area (Å²) in [7, 11) is -2.84. The van der Waals surface area contributed by atoms with Crippen LogP contribution in [0.25, 0.3) is 0 Å². The van der Waals surface area contributed by atoms with Crippen molar-refractivity contribution in [2.45, 2.75) is 37.4 Å². The van der Waals surface area contributed by atoms with Crippen molar-refractivity contribution in [2.24, 2.45) is 5.92 Å². The first-order valence-corrected chi connectivity index (χ1v) is 8.53. The molecule has 0 aromatic heterocycles. The van der Waals surface area contributed by atoms with Crippen molar-refractivity contribution in [2.75, 3.05) is 31.9 Å². The van der Waals surface area contributed by atoms with Crippen LogP contribution in [0.5, 0.6) is 0 Å². The summed E-state index contributed by atoms with van der Waals surface area (Å²) in [5.41, 5.74) is 0. The second kappa shape index (κ2) is 6.16. The van der Waals surface area contributed by atoms with Crippen LogP contribution in [0, 0.1) is 5.92 Å². The van der Waals surface area contributed by atoms with Crippen LogP contribution in [0.4, 0.5) is 0 Å². The van der Waals surface area contributed by atoms with E-state index in [4.69, 9.17) is 0 Å². The van der Waals surface area contributed by atoms with Crippen LogP contribution in [0.15, 0.2) is 0 Å². The molecule has 17 heavy (non-hydrogen) atoms. The van der Waals surface area contributed by atoms with Crippen molar-refractivity contribution < 1.29 is 8.42 Å². The number of nitrogens with one attached hydrogen (secondary N) is 2. The Morgan fingerprint density at radius 3 is 2.00 bits per heavy atom. The summed E-state index contributed by atoms with van der Waals surface area (Å²) in [4.78, 5) is 0. The zero-order valence-electron chi connectivity index (χ0n) is 10.5. The van der Waals surface area contributed by atoms with Crippen LogP contribution in [-0.4, -0.2) is 45.6 Å². The summed E-state index contributed by atoms with van der Waals surface area (Å²) in [6.07, 6.45) is 4.75. The Morgan fingerprint density at radius 1 is 0.882 bits per heavy atom. The van der Waals surface area contributed by atoms with Gasteiger partial charge in [-0.3, -0.25) is 0 Å². The van der Waals surface area contributed by atoms with Crippen molar-refractivity contribution in [3.8, 4) is 0 Å². The molecule has 2 aliphatic heterocycles. The van der Waals surface area contributed by atoms with Gasteiger partial charge in [-0.05, 0) is 64.2 Å². The van der Waals surface area contributed by atoms with E-state index in [2.05, 4.69) is 10.6 Å². The molecule has 2 rings (SSSR count). The van der Waals surface area contributed by atoms with Crippen molar-refractivity contribution >= 4 is 9.84 Å². The maximum absolute atomic E-state index is 12.2. The van der Waals surface area contributed by atoms with Crippen LogP contribution < -0.4 is 10.6 Å². The second-order valence-corrected chi connectivity index (χ2v) is 7.70. The quantitative estimate of drug-likeness (QED) is 0.775. The molecule has 2 N–H and O–H groups in total. The normalized spacial score (nSPS) is 24.9. The number of sulfone groups is 1. The topological polar surface area (TPSA) is 58.2 Å². The van der Waals surface area contributed by atoms with Crippen LogP contribution in [-0.2, 0) is 9.84 Å². The largest absolute Gasteiger partial charge is 0.317 e. The fourth-order valence-electron chi connectivity index (χ4n) is 2.82. The van der Waals surface area contributed by atoms with Crippen LogP contribution in [0.3, 0.4) is 0 Å². The third-order valence-electron chi connectivity index (χ3n) is 4.06. The van der Waals surface area contributed by atoms with Crippen molar-refractivity contribution in [3.05, 3.63) is 0 Å². The minimum atomic E-state index is -2.84. The lowest BCUT2D eigenvalue weighted by atomic mass is 9.96. The molecular weight excluding hydrogens is 236 g/mol. The molecule has 0 aromatic rings. The van der Waals surface area contributed by atoms with Crippen molar-refractivity contribution in [3.63, 3.8) is 0 Å². The Kier molecular flexibility index (Phi) is 4.82. The van der Waals surface area contributed by atoms with Gasteiger partial charge in [-0.25, -0.2) is 8.42 Å². The third kappa shape index (κ3) is 3.93. The number of rotatable bonds is 4. The molecule has 0 spiro atoms.